The fourth-order valence-corrected chi connectivity index (χ4v) is 3.86. The van der Waals surface area contributed by atoms with Gasteiger partial charge in [-0.2, -0.15) is 0 Å². The van der Waals surface area contributed by atoms with Crippen LogP contribution in [0.15, 0.2) is 18.2 Å². The largest absolute Gasteiger partial charge is 0.326 e. The Balaban J connectivity index is 1.59. The molecule has 1 fully saturated rings. The monoisotopic (exact) mass is 339 g/mol. The molecule has 0 atom stereocenters. The fraction of sp³-hybridized carbons (Fsp3) is 0.571. The number of benzene rings is 1. The molecule has 0 spiro atoms. The summed E-state index contributed by atoms with van der Waals surface area (Å²) in [6, 6.07) is 6.30. The molecule has 1 aromatic rings. The standard InChI is InChI=1S/C21H29N3O/c1-3-5-12-24-15-18-7-6-8-20(19(18)16-24)22-21(25)17-9-13-23(11-4-2)14-10-17/h2,6-8,17H,3,5,9-16H2,1H3,(H,22,25). The zero-order valence-corrected chi connectivity index (χ0v) is 15.3. The second kappa shape index (κ2) is 8.51. The van der Waals surface area contributed by atoms with Gasteiger partial charge in [0.05, 0.1) is 6.54 Å². The van der Waals surface area contributed by atoms with Gasteiger partial charge < -0.3 is 5.32 Å². The molecule has 25 heavy (non-hydrogen) atoms. The maximum absolute atomic E-state index is 12.7. The number of anilines is 1. The Morgan fingerprint density at radius 3 is 2.80 bits per heavy atom. The van der Waals surface area contributed by atoms with Crippen LogP contribution in [-0.4, -0.2) is 41.9 Å². The summed E-state index contributed by atoms with van der Waals surface area (Å²) >= 11 is 0. The highest BCUT2D eigenvalue weighted by Gasteiger charge is 2.27. The summed E-state index contributed by atoms with van der Waals surface area (Å²) in [4.78, 5) is 17.4. The first-order chi connectivity index (χ1) is 12.2. The summed E-state index contributed by atoms with van der Waals surface area (Å²) in [5, 5.41) is 3.21. The summed E-state index contributed by atoms with van der Waals surface area (Å²) in [5.41, 5.74) is 3.67. The van der Waals surface area contributed by atoms with Crippen molar-refractivity contribution in [2.45, 2.75) is 45.7 Å². The molecule has 4 heteroatoms. The number of fused-ring (bicyclic) bond motifs is 1. The number of hydrogen-bond acceptors (Lipinski definition) is 3. The second-order valence-electron chi connectivity index (χ2n) is 7.25. The van der Waals surface area contributed by atoms with Gasteiger partial charge >= 0.3 is 0 Å². The van der Waals surface area contributed by atoms with Gasteiger partial charge in [-0.05, 0) is 56.1 Å². The number of carbonyl (C=O) groups is 1. The van der Waals surface area contributed by atoms with Crippen LogP contribution in [0, 0.1) is 18.3 Å². The maximum atomic E-state index is 12.7. The molecule has 134 valence electrons. The lowest BCUT2D eigenvalue weighted by Gasteiger charge is -2.30. The van der Waals surface area contributed by atoms with Crippen molar-refractivity contribution in [3.63, 3.8) is 0 Å². The molecule has 1 amide bonds. The summed E-state index contributed by atoms with van der Waals surface area (Å²) < 4.78 is 0. The van der Waals surface area contributed by atoms with Crippen molar-refractivity contribution >= 4 is 11.6 Å². The minimum Gasteiger partial charge on any atom is -0.326 e. The van der Waals surface area contributed by atoms with Crippen LogP contribution in [-0.2, 0) is 17.9 Å². The van der Waals surface area contributed by atoms with Crippen LogP contribution >= 0.6 is 0 Å². The van der Waals surface area contributed by atoms with Gasteiger partial charge in [-0.25, -0.2) is 0 Å². The van der Waals surface area contributed by atoms with Crippen molar-refractivity contribution in [3.8, 4) is 12.3 Å². The highest BCUT2D eigenvalue weighted by Crippen LogP contribution is 2.30. The number of likely N-dealkylation sites (tertiary alicyclic amines) is 1. The van der Waals surface area contributed by atoms with Gasteiger partial charge in [-0.15, -0.1) is 6.42 Å². The number of nitrogens with zero attached hydrogens (tertiary/aromatic N) is 2. The van der Waals surface area contributed by atoms with Gasteiger partial charge in [-0.1, -0.05) is 31.4 Å². The van der Waals surface area contributed by atoms with E-state index < -0.39 is 0 Å². The Labute approximate surface area is 151 Å². The van der Waals surface area contributed by atoms with Gasteiger partial charge in [0.15, 0.2) is 0 Å². The molecule has 2 heterocycles. The van der Waals surface area contributed by atoms with Crippen LogP contribution < -0.4 is 5.32 Å². The quantitative estimate of drug-likeness (QED) is 0.809. The number of piperidine rings is 1. The van der Waals surface area contributed by atoms with Crippen LogP contribution in [0.4, 0.5) is 5.69 Å². The van der Waals surface area contributed by atoms with Crippen molar-refractivity contribution in [2.75, 3.05) is 31.5 Å². The fourth-order valence-electron chi connectivity index (χ4n) is 3.86. The first kappa shape index (κ1) is 18.0. The van der Waals surface area contributed by atoms with Gasteiger partial charge in [0.25, 0.3) is 0 Å². The highest BCUT2D eigenvalue weighted by molar-refractivity contribution is 5.93. The minimum absolute atomic E-state index is 0.0995. The zero-order chi connectivity index (χ0) is 17.6. The average molecular weight is 339 g/mol. The number of carbonyl (C=O) groups excluding carboxylic acids is 1. The maximum Gasteiger partial charge on any atom is 0.227 e. The molecule has 1 N–H and O–H groups in total. The van der Waals surface area contributed by atoms with Crippen LogP contribution in [0.25, 0.3) is 0 Å². The Bertz CT molecular complexity index is 641. The van der Waals surface area contributed by atoms with Gasteiger partial charge in [0, 0.05) is 24.7 Å². The van der Waals surface area contributed by atoms with Crippen LogP contribution in [0.2, 0.25) is 0 Å². The lowest BCUT2D eigenvalue weighted by molar-refractivity contribution is -0.121. The lowest BCUT2D eigenvalue weighted by Crippen LogP contribution is -2.38. The van der Waals surface area contributed by atoms with E-state index in [1.54, 1.807) is 0 Å². The molecule has 0 aliphatic carbocycles. The molecular formula is C21H29N3O. The third-order valence-corrected chi connectivity index (χ3v) is 5.41. The number of rotatable bonds is 6. The second-order valence-corrected chi connectivity index (χ2v) is 7.25. The van der Waals surface area contributed by atoms with Crippen LogP contribution in [0.1, 0.15) is 43.7 Å². The molecule has 1 aromatic carbocycles. The predicted octanol–water partition coefficient (Wildman–Crippen LogP) is 3.09. The first-order valence-electron chi connectivity index (χ1n) is 9.51. The SMILES string of the molecule is C#CCN1CCC(C(=O)Nc2cccc3c2CN(CCCC)C3)CC1. The predicted molar refractivity (Wildman–Crippen MR) is 102 cm³/mol. The van der Waals surface area contributed by atoms with E-state index in [9.17, 15) is 4.79 Å². The van der Waals surface area contributed by atoms with Crippen LogP contribution in [0.3, 0.4) is 0 Å². The lowest BCUT2D eigenvalue weighted by atomic mass is 9.95. The zero-order valence-electron chi connectivity index (χ0n) is 15.3. The summed E-state index contributed by atoms with van der Waals surface area (Å²) in [6.45, 7) is 7.83. The van der Waals surface area contributed by atoms with Crippen molar-refractivity contribution in [3.05, 3.63) is 29.3 Å². The van der Waals surface area contributed by atoms with E-state index in [0.717, 1.165) is 51.3 Å². The summed E-state index contributed by atoms with van der Waals surface area (Å²) in [5.74, 6) is 2.96. The minimum atomic E-state index is 0.0995. The van der Waals surface area contributed by atoms with E-state index in [2.05, 4.69) is 40.1 Å². The molecule has 2 aliphatic rings. The highest BCUT2D eigenvalue weighted by atomic mass is 16.1. The van der Waals surface area contributed by atoms with Crippen molar-refractivity contribution in [1.29, 1.82) is 0 Å². The van der Waals surface area contributed by atoms with E-state index in [1.165, 1.54) is 24.0 Å². The van der Waals surface area contributed by atoms with E-state index in [1.807, 2.05) is 6.07 Å². The number of unbranched alkanes of at least 4 members (excludes halogenated alkanes) is 1. The molecule has 4 nitrogen and oxygen atoms in total. The Morgan fingerprint density at radius 2 is 2.08 bits per heavy atom. The molecule has 0 unspecified atom stereocenters. The van der Waals surface area contributed by atoms with E-state index in [-0.39, 0.29) is 11.8 Å². The van der Waals surface area contributed by atoms with Gasteiger partial charge in [0.1, 0.15) is 0 Å². The Kier molecular flexibility index (Phi) is 6.12. The number of amides is 1. The van der Waals surface area contributed by atoms with Crippen molar-refractivity contribution < 1.29 is 4.79 Å². The number of nitrogens with one attached hydrogen (secondary N) is 1. The normalized spacial score (nSPS) is 18.7. The molecular weight excluding hydrogens is 310 g/mol. The van der Waals surface area contributed by atoms with E-state index >= 15 is 0 Å². The summed E-state index contributed by atoms with van der Waals surface area (Å²) in [7, 11) is 0. The van der Waals surface area contributed by atoms with E-state index in [0.29, 0.717) is 6.54 Å². The van der Waals surface area contributed by atoms with Gasteiger partial charge in [-0.3, -0.25) is 14.6 Å². The van der Waals surface area contributed by atoms with Crippen molar-refractivity contribution in [1.82, 2.24) is 9.80 Å². The molecule has 0 saturated carbocycles. The average Bonchev–Trinajstić information content (AvgIpc) is 3.05. The van der Waals surface area contributed by atoms with Crippen LogP contribution in [0.5, 0.6) is 0 Å². The summed E-state index contributed by atoms with van der Waals surface area (Å²) in [6.07, 6.45) is 9.61. The van der Waals surface area contributed by atoms with E-state index in [4.69, 9.17) is 6.42 Å². The topological polar surface area (TPSA) is 35.6 Å². The Morgan fingerprint density at radius 1 is 1.28 bits per heavy atom. The first-order valence-corrected chi connectivity index (χ1v) is 9.51. The third-order valence-electron chi connectivity index (χ3n) is 5.41. The number of hydrogen-bond donors (Lipinski definition) is 1. The van der Waals surface area contributed by atoms with Gasteiger partial charge in [0.2, 0.25) is 5.91 Å². The Hall–Kier alpha value is -1.83. The molecule has 2 aliphatic heterocycles. The molecule has 0 aromatic heterocycles. The molecule has 0 radical (unpaired) electrons. The molecule has 0 bridgehead atoms. The molecule has 3 rings (SSSR count). The number of terminal acetylenes is 1. The van der Waals surface area contributed by atoms with Crippen molar-refractivity contribution in [2.24, 2.45) is 5.92 Å². The molecule has 1 saturated heterocycles. The third kappa shape index (κ3) is 4.42. The smallest absolute Gasteiger partial charge is 0.227 e.